The zero-order valence-corrected chi connectivity index (χ0v) is 16.9. The Morgan fingerprint density at radius 1 is 1.11 bits per heavy atom. The van der Waals surface area contributed by atoms with Crippen molar-refractivity contribution in [1.82, 2.24) is 19.4 Å². The quantitative estimate of drug-likeness (QED) is 0.807. The van der Waals surface area contributed by atoms with E-state index in [0.29, 0.717) is 32.2 Å². The standard InChI is InChI=1S/C18H26F2N4O3S/c1-3-18(4-5-22(13-18)17(25)21-2)23-6-8-24(9-7-23)28(26,27)16-11-14(19)10-15(20)12-16/h10-12H,3-9,13H2,1-2H3,(H,21,25). The van der Waals surface area contributed by atoms with Crippen LogP contribution in [0.3, 0.4) is 0 Å². The van der Waals surface area contributed by atoms with Crippen molar-refractivity contribution in [2.45, 2.75) is 30.2 Å². The van der Waals surface area contributed by atoms with Crippen LogP contribution in [0.15, 0.2) is 23.1 Å². The fraction of sp³-hybridized carbons (Fsp3) is 0.611. The summed E-state index contributed by atoms with van der Waals surface area (Å²) in [6, 6.07) is 2.23. The molecule has 1 atom stereocenters. The van der Waals surface area contributed by atoms with Gasteiger partial charge in [0.2, 0.25) is 10.0 Å². The Morgan fingerprint density at radius 3 is 2.25 bits per heavy atom. The molecule has 1 aromatic rings. The number of rotatable bonds is 4. The first-order chi connectivity index (χ1) is 13.2. The van der Waals surface area contributed by atoms with E-state index in [-0.39, 0.29) is 29.6 Å². The average molecular weight is 416 g/mol. The predicted molar refractivity (Wildman–Crippen MR) is 100 cm³/mol. The van der Waals surface area contributed by atoms with Crippen molar-refractivity contribution in [3.63, 3.8) is 0 Å². The van der Waals surface area contributed by atoms with E-state index in [9.17, 15) is 22.0 Å². The second kappa shape index (κ2) is 7.92. The third-order valence-electron chi connectivity index (χ3n) is 5.87. The molecule has 2 heterocycles. The first-order valence-electron chi connectivity index (χ1n) is 9.40. The van der Waals surface area contributed by atoms with Gasteiger partial charge in [-0.1, -0.05) is 6.92 Å². The van der Waals surface area contributed by atoms with Crippen molar-refractivity contribution in [1.29, 1.82) is 0 Å². The summed E-state index contributed by atoms with van der Waals surface area (Å²) in [6.45, 7) is 4.83. The Labute approximate surface area is 164 Å². The first kappa shape index (κ1) is 20.9. The molecule has 0 radical (unpaired) electrons. The summed E-state index contributed by atoms with van der Waals surface area (Å²) in [7, 11) is -2.35. The van der Waals surface area contributed by atoms with Crippen molar-refractivity contribution in [2.24, 2.45) is 0 Å². The summed E-state index contributed by atoms with van der Waals surface area (Å²) in [6.07, 6.45) is 1.68. The first-order valence-corrected chi connectivity index (χ1v) is 10.8. The molecular formula is C18H26F2N4O3S. The zero-order valence-electron chi connectivity index (χ0n) is 16.1. The number of nitrogens with zero attached hydrogens (tertiary/aromatic N) is 3. The zero-order chi connectivity index (χ0) is 20.5. The summed E-state index contributed by atoms with van der Waals surface area (Å²) in [5, 5.41) is 2.65. The predicted octanol–water partition coefficient (Wildman–Crippen LogP) is 1.46. The van der Waals surface area contributed by atoms with Gasteiger partial charge in [-0.2, -0.15) is 4.31 Å². The van der Waals surface area contributed by atoms with Crippen LogP contribution in [0.1, 0.15) is 19.8 Å². The number of piperazine rings is 1. The van der Waals surface area contributed by atoms with Gasteiger partial charge in [0.05, 0.1) is 4.90 Å². The maximum atomic E-state index is 13.5. The Kier molecular flexibility index (Phi) is 5.92. The summed E-state index contributed by atoms with van der Waals surface area (Å²) < 4.78 is 53.7. The molecule has 156 valence electrons. The van der Waals surface area contributed by atoms with Gasteiger partial charge in [-0.15, -0.1) is 0 Å². The molecule has 2 aliphatic rings. The summed E-state index contributed by atoms with van der Waals surface area (Å²) in [4.78, 5) is 15.6. The van der Waals surface area contributed by atoms with Crippen LogP contribution < -0.4 is 5.32 Å². The van der Waals surface area contributed by atoms with Crippen LogP contribution in [0.5, 0.6) is 0 Å². The molecule has 28 heavy (non-hydrogen) atoms. The van der Waals surface area contributed by atoms with Gasteiger partial charge in [0, 0.05) is 57.9 Å². The molecule has 3 rings (SSSR count). The van der Waals surface area contributed by atoms with Crippen LogP contribution in [0.2, 0.25) is 0 Å². The molecule has 1 aromatic carbocycles. The molecule has 1 unspecified atom stereocenters. The minimum atomic E-state index is -3.96. The van der Waals surface area contributed by atoms with Crippen molar-refractivity contribution in [2.75, 3.05) is 46.3 Å². The number of halogens is 2. The number of sulfonamides is 1. The van der Waals surface area contributed by atoms with E-state index in [0.717, 1.165) is 25.0 Å². The number of amides is 2. The van der Waals surface area contributed by atoms with E-state index in [4.69, 9.17) is 0 Å². The molecule has 0 saturated carbocycles. The number of hydrogen-bond donors (Lipinski definition) is 1. The number of urea groups is 1. The molecule has 2 saturated heterocycles. The summed E-state index contributed by atoms with van der Waals surface area (Å²) in [5.41, 5.74) is -0.173. The molecular weight excluding hydrogens is 390 g/mol. The molecule has 0 aliphatic carbocycles. The highest BCUT2D eigenvalue weighted by Gasteiger charge is 2.44. The van der Waals surface area contributed by atoms with Crippen molar-refractivity contribution >= 4 is 16.1 Å². The lowest BCUT2D eigenvalue weighted by molar-refractivity contribution is 0.0574. The largest absolute Gasteiger partial charge is 0.341 e. The number of carbonyl (C=O) groups excluding carboxylic acids is 1. The van der Waals surface area contributed by atoms with E-state index in [1.54, 1.807) is 11.9 Å². The van der Waals surface area contributed by atoms with Gasteiger partial charge in [-0.05, 0) is 25.0 Å². The van der Waals surface area contributed by atoms with Crippen LogP contribution in [-0.4, -0.2) is 80.4 Å². The minimum Gasteiger partial charge on any atom is -0.341 e. The van der Waals surface area contributed by atoms with Crippen LogP contribution >= 0.6 is 0 Å². The summed E-state index contributed by atoms with van der Waals surface area (Å²) >= 11 is 0. The molecule has 0 aromatic heterocycles. The lowest BCUT2D eigenvalue weighted by atomic mass is 9.92. The van der Waals surface area contributed by atoms with E-state index in [1.807, 2.05) is 0 Å². The third-order valence-corrected chi connectivity index (χ3v) is 7.75. The molecule has 1 N–H and O–H groups in total. The second-order valence-corrected chi connectivity index (χ2v) is 9.24. The topological polar surface area (TPSA) is 73.0 Å². The van der Waals surface area contributed by atoms with Crippen LogP contribution in [0, 0.1) is 11.6 Å². The fourth-order valence-electron chi connectivity index (χ4n) is 4.19. The minimum absolute atomic E-state index is 0.107. The Morgan fingerprint density at radius 2 is 1.71 bits per heavy atom. The highest BCUT2D eigenvalue weighted by atomic mass is 32.2. The Bertz CT molecular complexity index is 823. The van der Waals surface area contributed by atoms with Crippen LogP contribution in [0.4, 0.5) is 13.6 Å². The molecule has 10 heteroatoms. The van der Waals surface area contributed by atoms with Gasteiger partial charge in [0.15, 0.2) is 0 Å². The van der Waals surface area contributed by atoms with Gasteiger partial charge in [-0.25, -0.2) is 22.0 Å². The van der Waals surface area contributed by atoms with Crippen molar-refractivity contribution < 1.29 is 22.0 Å². The van der Waals surface area contributed by atoms with Gasteiger partial charge in [0.1, 0.15) is 11.6 Å². The van der Waals surface area contributed by atoms with Gasteiger partial charge in [0.25, 0.3) is 0 Å². The van der Waals surface area contributed by atoms with Crippen molar-refractivity contribution in [3.8, 4) is 0 Å². The number of benzene rings is 1. The van der Waals surface area contributed by atoms with E-state index >= 15 is 0 Å². The Hall–Kier alpha value is -1.78. The van der Waals surface area contributed by atoms with Gasteiger partial charge in [-0.3, -0.25) is 4.90 Å². The maximum absolute atomic E-state index is 13.5. The molecule has 0 bridgehead atoms. The second-order valence-electron chi connectivity index (χ2n) is 7.30. The summed E-state index contributed by atoms with van der Waals surface area (Å²) in [5.74, 6) is -1.83. The van der Waals surface area contributed by atoms with Gasteiger partial charge < -0.3 is 10.2 Å². The van der Waals surface area contributed by atoms with Crippen LogP contribution in [0.25, 0.3) is 0 Å². The maximum Gasteiger partial charge on any atom is 0.317 e. The molecule has 7 nitrogen and oxygen atoms in total. The smallest absolute Gasteiger partial charge is 0.317 e. The number of carbonyl (C=O) groups is 1. The van der Waals surface area contributed by atoms with Gasteiger partial charge >= 0.3 is 6.03 Å². The van der Waals surface area contributed by atoms with E-state index < -0.39 is 21.7 Å². The normalized spacial score (nSPS) is 24.5. The number of nitrogens with one attached hydrogen (secondary N) is 1. The monoisotopic (exact) mass is 416 g/mol. The molecule has 0 spiro atoms. The number of hydrogen-bond acceptors (Lipinski definition) is 4. The highest BCUT2D eigenvalue weighted by molar-refractivity contribution is 7.89. The Balaban J connectivity index is 1.71. The number of likely N-dealkylation sites (tertiary alicyclic amines) is 1. The highest BCUT2D eigenvalue weighted by Crippen LogP contribution is 2.33. The lowest BCUT2D eigenvalue weighted by Gasteiger charge is -2.45. The molecule has 2 fully saturated rings. The fourth-order valence-corrected chi connectivity index (χ4v) is 5.65. The van der Waals surface area contributed by atoms with E-state index in [1.165, 1.54) is 4.31 Å². The van der Waals surface area contributed by atoms with Crippen molar-refractivity contribution in [3.05, 3.63) is 29.8 Å². The third kappa shape index (κ3) is 3.85. The molecule has 2 aliphatic heterocycles. The van der Waals surface area contributed by atoms with E-state index in [2.05, 4.69) is 17.1 Å². The average Bonchev–Trinajstić information content (AvgIpc) is 3.12. The van der Waals surface area contributed by atoms with Crippen LogP contribution in [-0.2, 0) is 10.0 Å². The lowest BCUT2D eigenvalue weighted by Crippen LogP contribution is -2.59. The molecule has 2 amide bonds. The SMILES string of the molecule is CCC1(N2CCN(S(=O)(=O)c3cc(F)cc(F)c3)CC2)CCN(C(=O)NC)C1.